The molecule has 0 bridgehead atoms. The zero-order valence-corrected chi connectivity index (χ0v) is 9.27. The predicted molar refractivity (Wildman–Crippen MR) is 56.5 cm³/mol. The van der Waals surface area contributed by atoms with Gasteiger partial charge in [0.2, 0.25) is 0 Å². The Morgan fingerprint density at radius 1 is 1.00 bits per heavy atom. The van der Waals surface area contributed by atoms with E-state index in [9.17, 15) is 0 Å². The van der Waals surface area contributed by atoms with Gasteiger partial charge in [0.25, 0.3) is 0 Å². The van der Waals surface area contributed by atoms with Gasteiger partial charge in [-0.15, -0.1) is 0 Å². The van der Waals surface area contributed by atoms with E-state index < -0.39 is 0 Å². The quantitative estimate of drug-likeness (QED) is 0.568. The van der Waals surface area contributed by atoms with Crippen LogP contribution >= 0.6 is 0 Å². The van der Waals surface area contributed by atoms with Gasteiger partial charge in [-0.1, -0.05) is 34.1 Å². The second-order valence-corrected chi connectivity index (χ2v) is 3.48. The standard InChI is InChI=1S/C11H25N/c1-5-9-11(7-3)12(8-4)10-6-2/h11H,5-10H2,1-4H3. The lowest BCUT2D eigenvalue weighted by atomic mass is 10.1. The van der Waals surface area contributed by atoms with Crippen molar-refractivity contribution in [3.63, 3.8) is 0 Å². The Morgan fingerprint density at radius 3 is 2.00 bits per heavy atom. The Kier molecular flexibility index (Phi) is 7.58. The molecule has 1 atom stereocenters. The molecule has 0 aromatic heterocycles. The molecule has 0 aromatic carbocycles. The van der Waals surface area contributed by atoms with Gasteiger partial charge in [-0.2, -0.15) is 0 Å². The maximum Gasteiger partial charge on any atom is 0.00924 e. The SMILES string of the molecule is CCCC(CC)N(CC)CCC. The van der Waals surface area contributed by atoms with E-state index in [1.165, 1.54) is 38.8 Å². The highest BCUT2D eigenvalue weighted by molar-refractivity contribution is 4.68. The average molecular weight is 171 g/mol. The lowest BCUT2D eigenvalue weighted by Gasteiger charge is -2.29. The Bertz CT molecular complexity index is 79.0. The maximum atomic E-state index is 2.61. The first-order valence-corrected chi connectivity index (χ1v) is 5.54. The van der Waals surface area contributed by atoms with Crippen LogP contribution < -0.4 is 0 Å². The molecule has 0 heterocycles. The normalized spacial score (nSPS) is 13.8. The van der Waals surface area contributed by atoms with Crippen LogP contribution in [0.15, 0.2) is 0 Å². The van der Waals surface area contributed by atoms with Gasteiger partial charge in [-0.25, -0.2) is 0 Å². The number of hydrogen-bond acceptors (Lipinski definition) is 1. The zero-order valence-electron chi connectivity index (χ0n) is 9.27. The molecule has 1 nitrogen and oxygen atoms in total. The third kappa shape index (κ3) is 4.10. The van der Waals surface area contributed by atoms with E-state index in [0.717, 1.165) is 6.04 Å². The summed E-state index contributed by atoms with van der Waals surface area (Å²) in [5, 5.41) is 0. The zero-order chi connectivity index (χ0) is 9.40. The molecule has 0 saturated heterocycles. The third-order valence-electron chi connectivity index (χ3n) is 2.53. The number of rotatable bonds is 7. The molecule has 0 aliphatic carbocycles. The van der Waals surface area contributed by atoms with Gasteiger partial charge in [-0.05, 0) is 32.4 Å². The molecule has 0 rings (SSSR count). The molecular formula is C11H25N. The molecule has 0 radical (unpaired) electrons. The molecule has 0 aromatic rings. The molecule has 0 aliphatic heterocycles. The molecular weight excluding hydrogens is 146 g/mol. The van der Waals surface area contributed by atoms with Crippen LogP contribution in [0, 0.1) is 0 Å². The molecule has 0 saturated carbocycles. The average Bonchev–Trinajstić information content (AvgIpc) is 2.11. The molecule has 12 heavy (non-hydrogen) atoms. The van der Waals surface area contributed by atoms with Crippen LogP contribution in [0.1, 0.15) is 53.4 Å². The topological polar surface area (TPSA) is 3.24 Å². The van der Waals surface area contributed by atoms with E-state index in [-0.39, 0.29) is 0 Å². The second-order valence-electron chi connectivity index (χ2n) is 3.48. The fourth-order valence-corrected chi connectivity index (χ4v) is 1.86. The van der Waals surface area contributed by atoms with Crippen LogP contribution in [0.4, 0.5) is 0 Å². The molecule has 1 unspecified atom stereocenters. The summed E-state index contributed by atoms with van der Waals surface area (Å²) >= 11 is 0. The highest BCUT2D eigenvalue weighted by Crippen LogP contribution is 2.10. The van der Waals surface area contributed by atoms with Crippen molar-refractivity contribution in [2.24, 2.45) is 0 Å². The van der Waals surface area contributed by atoms with Crippen LogP contribution in [0.2, 0.25) is 0 Å². The van der Waals surface area contributed by atoms with Crippen molar-refractivity contribution in [2.45, 2.75) is 59.4 Å². The Morgan fingerprint density at radius 2 is 1.67 bits per heavy atom. The fourth-order valence-electron chi connectivity index (χ4n) is 1.86. The van der Waals surface area contributed by atoms with Crippen LogP contribution in [-0.4, -0.2) is 24.0 Å². The van der Waals surface area contributed by atoms with Crippen molar-refractivity contribution in [1.82, 2.24) is 4.90 Å². The van der Waals surface area contributed by atoms with Gasteiger partial charge in [0.05, 0.1) is 0 Å². The maximum absolute atomic E-state index is 2.61. The fraction of sp³-hybridized carbons (Fsp3) is 1.00. The molecule has 0 aliphatic rings. The van der Waals surface area contributed by atoms with Gasteiger partial charge >= 0.3 is 0 Å². The van der Waals surface area contributed by atoms with E-state index >= 15 is 0 Å². The highest BCUT2D eigenvalue weighted by Gasteiger charge is 2.12. The van der Waals surface area contributed by atoms with Crippen molar-refractivity contribution in [3.05, 3.63) is 0 Å². The van der Waals surface area contributed by atoms with Crippen LogP contribution in [0.25, 0.3) is 0 Å². The van der Waals surface area contributed by atoms with Gasteiger partial charge < -0.3 is 4.90 Å². The predicted octanol–water partition coefficient (Wildman–Crippen LogP) is 3.30. The van der Waals surface area contributed by atoms with Crippen LogP contribution in [0.5, 0.6) is 0 Å². The minimum atomic E-state index is 0.833. The van der Waals surface area contributed by atoms with Crippen molar-refractivity contribution < 1.29 is 0 Å². The van der Waals surface area contributed by atoms with Gasteiger partial charge in [0.15, 0.2) is 0 Å². The Hall–Kier alpha value is -0.0400. The summed E-state index contributed by atoms with van der Waals surface area (Å²) in [4.78, 5) is 2.61. The third-order valence-corrected chi connectivity index (χ3v) is 2.53. The Balaban J connectivity index is 3.84. The summed E-state index contributed by atoms with van der Waals surface area (Å²) in [5.74, 6) is 0. The monoisotopic (exact) mass is 171 g/mol. The van der Waals surface area contributed by atoms with Crippen LogP contribution in [0.3, 0.4) is 0 Å². The molecule has 0 spiro atoms. The van der Waals surface area contributed by atoms with E-state index in [4.69, 9.17) is 0 Å². The first-order valence-electron chi connectivity index (χ1n) is 5.54. The minimum Gasteiger partial charge on any atom is -0.301 e. The molecule has 0 N–H and O–H groups in total. The summed E-state index contributed by atoms with van der Waals surface area (Å²) in [7, 11) is 0. The molecule has 0 amide bonds. The summed E-state index contributed by atoms with van der Waals surface area (Å²) < 4.78 is 0. The summed E-state index contributed by atoms with van der Waals surface area (Å²) in [5.41, 5.74) is 0. The van der Waals surface area contributed by atoms with Gasteiger partial charge in [-0.3, -0.25) is 0 Å². The van der Waals surface area contributed by atoms with E-state index in [0.29, 0.717) is 0 Å². The largest absolute Gasteiger partial charge is 0.301 e. The smallest absolute Gasteiger partial charge is 0.00924 e. The van der Waals surface area contributed by atoms with E-state index in [1.54, 1.807) is 0 Å². The molecule has 0 fully saturated rings. The lowest BCUT2D eigenvalue weighted by molar-refractivity contribution is 0.190. The first kappa shape index (κ1) is 12.0. The molecule has 1 heteroatoms. The number of nitrogens with zero attached hydrogens (tertiary/aromatic N) is 1. The first-order chi connectivity index (χ1) is 5.79. The summed E-state index contributed by atoms with van der Waals surface area (Å²) in [6.07, 6.45) is 5.28. The van der Waals surface area contributed by atoms with Crippen molar-refractivity contribution in [1.29, 1.82) is 0 Å². The second kappa shape index (κ2) is 7.60. The number of hydrogen-bond donors (Lipinski definition) is 0. The lowest BCUT2D eigenvalue weighted by Crippen LogP contribution is -2.35. The van der Waals surface area contributed by atoms with E-state index in [1.807, 2.05) is 0 Å². The van der Waals surface area contributed by atoms with Crippen molar-refractivity contribution >= 4 is 0 Å². The van der Waals surface area contributed by atoms with Gasteiger partial charge in [0.1, 0.15) is 0 Å². The minimum absolute atomic E-state index is 0.833. The highest BCUT2D eigenvalue weighted by atomic mass is 15.1. The summed E-state index contributed by atoms with van der Waals surface area (Å²) in [6, 6.07) is 0.833. The van der Waals surface area contributed by atoms with Gasteiger partial charge in [0, 0.05) is 6.04 Å². The van der Waals surface area contributed by atoms with Crippen molar-refractivity contribution in [2.75, 3.05) is 13.1 Å². The summed E-state index contributed by atoms with van der Waals surface area (Å²) in [6.45, 7) is 11.6. The Labute approximate surface area is 78.1 Å². The van der Waals surface area contributed by atoms with Crippen LogP contribution in [-0.2, 0) is 0 Å². The molecule has 74 valence electrons. The van der Waals surface area contributed by atoms with E-state index in [2.05, 4.69) is 32.6 Å². The van der Waals surface area contributed by atoms with Crippen molar-refractivity contribution in [3.8, 4) is 0 Å².